The van der Waals surface area contributed by atoms with E-state index in [9.17, 15) is 9.18 Å². The zero-order chi connectivity index (χ0) is 21.0. The largest absolute Gasteiger partial charge is 0.481 e. The van der Waals surface area contributed by atoms with E-state index >= 15 is 0 Å². The van der Waals surface area contributed by atoms with Crippen LogP contribution in [0.1, 0.15) is 42.9 Å². The molecule has 1 aliphatic carbocycles. The molecule has 1 saturated carbocycles. The van der Waals surface area contributed by atoms with Gasteiger partial charge in [0.05, 0.1) is 12.6 Å². The molecule has 2 atom stereocenters. The number of benzene rings is 1. The zero-order valence-corrected chi connectivity index (χ0v) is 17.3. The highest BCUT2D eigenvalue weighted by molar-refractivity contribution is 5.66. The summed E-state index contributed by atoms with van der Waals surface area (Å²) in [6, 6.07) is 14.4. The minimum atomic E-state index is -0.746. The predicted molar refractivity (Wildman–Crippen MR) is 114 cm³/mol. The van der Waals surface area contributed by atoms with Gasteiger partial charge >= 0.3 is 5.97 Å². The normalized spacial score (nSPS) is 23.2. The van der Waals surface area contributed by atoms with Crippen LogP contribution in [0.5, 0.6) is 0 Å². The number of hydrogen-bond donors (Lipinski definition) is 2. The van der Waals surface area contributed by atoms with Crippen molar-refractivity contribution in [1.29, 1.82) is 0 Å². The van der Waals surface area contributed by atoms with Crippen molar-refractivity contribution in [2.45, 2.75) is 44.1 Å². The lowest BCUT2D eigenvalue weighted by Crippen LogP contribution is -2.47. The number of pyridine rings is 1. The molecule has 160 valence electrons. The van der Waals surface area contributed by atoms with E-state index in [1.54, 1.807) is 6.07 Å². The average molecular weight is 412 g/mol. The van der Waals surface area contributed by atoms with E-state index < -0.39 is 5.97 Å². The van der Waals surface area contributed by atoms with Crippen LogP contribution >= 0.6 is 0 Å². The summed E-state index contributed by atoms with van der Waals surface area (Å²) in [5, 5.41) is 12.8. The summed E-state index contributed by atoms with van der Waals surface area (Å²) in [5.74, 6) is -0.467. The fraction of sp³-hybridized carbons (Fsp3) is 0.500. The molecule has 2 fully saturated rings. The van der Waals surface area contributed by atoms with Crippen LogP contribution in [-0.4, -0.2) is 53.2 Å². The Kier molecular flexibility index (Phi) is 6.44. The number of hydrogen-bond acceptors (Lipinski definition) is 4. The third-order valence-electron chi connectivity index (χ3n) is 6.66. The fourth-order valence-electron chi connectivity index (χ4n) is 4.65. The van der Waals surface area contributed by atoms with Crippen LogP contribution in [0.2, 0.25) is 0 Å². The molecule has 1 aromatic carbocycles. The minimum absolute atomic E-state index is 0.0639. The average Bonchev–Trinajstić information content (AvgIpc) is 3.54. The molecule has 1 aliphatic heterocycles. The van der Waals surface area contributed by atoms with Crippen LogP contribution in [0, 0.1) is 11.2 Å². The number of likely N-dealkylation sites (tertiary alicyclic amines) is 1. The number of aliphatic carboxylic acids is 1. The first-order valence-corrected chi connectivity index (χ1v) is 10.9. The number of carbonyl (C=O) groups is 1. The number of nitrogens with one attached hydrogen (secondary N) is 1. The Hall–Kier alpha value is -2.31. The number of carboxylic acids is 1. The first kappa shape index (κ1) is 20.9. The standard InChI is InChI=1S/C24H30FN3O2/c25-19-6-7-20(26-16-19)15-24(9-12-28(13-10-24)11-8-23(29)30)17-27-22-14-21(22)18-4-2-1-3-5-18/h1-7,16,21-22,27H,8-15,17H2,(H,29,30)/t21?,22-/m1/s1. The Morgan fingerprint density at radius 2 is 1.97 bits per heavy atom. The maximum Gasteiger partial charge on any atom is 0.304 e. The van der Waals surface area contributed by atoms with Gasteiger partial charge in [-0.1, -0.05) is 30.3 Å². The minimum Gasteiger partial charge on any atom is -0.481 e. The molecule has 2 aromatic rings. The number of carboxylic acid groups (broad SMARTS) is 1. The van der Waals surface area contributed by atoms with Gasteiger partial charge in [-0.15, -0.1) is 0 Å². The molecule has 0 amide bonds. The number of aromatic nitrogens is 1. The lowest BCUT2D eigenvalue weighted by Gasteiger charge is -2.42. The van der Waals surface area contributed by atoms with Crippen LogP contribution in [0.3, 0.4) is 0 Å². The van der Waals surface area contributed by atoms with Gasteiger partial charge in [0.2, 0.25) is 0 Å². The van der Waals surface area contributed by atoms with Crippen LogP contribution in [0.25, 0.3) is 0 Å². The maximum atomic E-state index is 13.3. The molecular formula is C24H30FN3O2. The van der Waals surface area contributed by atoms with Crippen molar-refractivity contribution < 1.29 is 14.3 Å². The number of halogens is 1. The quantitative estimate of drug-likeness (QED) is 0.662. The highest BCUT2D eigenvalue weighted by Gasteiger charge is 2.41. The van der Waals surface area contributed by atoms with Crippen LogP contribution in [0.15, 0.2) is 48.7 Å². The summed E-state index contributed by atoms with van der Waals surface area (Å²) in [7, 11) is 0. The molecule has 1 saturated heterocycles. The van der Waals surface area contributed by atoms with Crippen molar-refractivity contribution in [3.8, 4) is 0 Å². The lowest BCUT2D eigenvalue weighted by molar-refractivity contribution is -0.137. The van der Waals surface area contributed by atoms with Gasteiger partial charge in [0.15, 0.2) is 0 Å². The third kappa shape index (κ3) is 5.43. The number of rotatable bonds is 9. The fourth-order valence-corrected chi connectivity index (χ4v) is 4.65. The van der Waals surface area contributed by atoms with Crippen molar-refractivity contribution >= 4 is 5.97 Å². The lowest BCUT2D eigenvalue weighted by atomic mass is 9.74. The Labute approximate surface area is 177 Å². The van der Waals surface area contributed by atoms with Crippen molar-refractivity contribution in [2.75, 3.05) is 26.2 Å². The summed E-state index contributed by atoms with van der Waals surface area (Å²) in [6.45, 7) is 3.30. The molecule has 30 heavy (non-hydrogen) atoms. The molecule has 0 radical (unpaired) electrons. The van der Waals surface area contributed by atoms with Gasteiger partial charge in [-0.05, 0) is 61.9 Å². The number of piperidine rings is 1. The van der Waals surface area contributed by atoms with E-state index in [-0.39, 0.29) is 17.7 Å². The molecule has 4 rings (SSSR count). The van der Waals surface area contributed by atoms with E-state index in [1.807, 2.05) is 0 Å². The van der Waals surface area contributed by atoms with Gasteiger partial charge in [0.25, 0.3) is 0 Å². The molecule has 1 aromatic heterocycles. The van der Waals surface area contributed by atoms with Crippen LogP contribution < -0.4 is 5.32 Å². The Bertz CT molecular complexity index is 835. The Morgan fingerprint density at radius 1 is 1.20 bits per heavy atom. The predicted octanol–water partition coefficient (Wildman–Crippen LogP) is 3.47. The molecule has 2 heterocycles. The summed E-state index contributed by atoms with van der Waals surface area (Å²) in [4.78, 5) is 17.4. The Morgan fingerprint density at radius 3 is 2.63 bits per heavy atom. The van der Waals surface area contributed by atoms with E-state index in [1.165, 1.54) is 24.2 Å². The highest BCUT2D eigenvalue weighted by Crippen LogP contribution is 2.42. The van der Waals surface area contributed by atoms with Crippen LogP contribution in [-0.2, 0) is 11.2 Å². The molecule has 0 spiro atoms. The smallest absolute Gasteiger partial charge is 0.304 e. The van der Waals surface area contributed by atoms with Gasteiger partial charge in [-0.3, -0.25) is 9.78 Å². The summed E-state index contributed by atoms with van der Waals surface area (Å²) < 4.78 is 13.3. The van der Waals surface area contributed by atoms with Crippen molar-refractivity contribution in [1.82, 2.24) is 15.2 Å². The molecular weight excluding hydrogens is 381 g/mol. The van der Waals surface area contributed by atoms with Gasteiger partial charge in [-0.2, -0.15) is 0 Å². The van der Waals surface area contributed by atoms with Gasteiger partial charge in [-0.25, -0.2) is 4.39 Å². The number of nitrogens with zero attached hydrogens (tertiary/aromatic N) is 2. The van der Waals surface area contributed by atoms with Crippen molar-refractivity contribution in [2.24, 2.45) is 5.41 Å². The second-order valence-corrected chi connectivity index (χ2v) is 8.87. The molecule has 6 heteroatoms. The molecule has 5 nitrogen and oxygen atoms in total. The molecule has 2 aliphatic rings. The van der Waals surface area contributed by atoms with Gasteiger partial charge in [0.1, 0.15) is 5.82 Å². The first-order chi connectivity index (χ1) is 14.5. The third-order valence-corrected chi connectivity index (χ3v) is 6.66. The van der Waals surface area contributed by atoms with E-state index in [4.69, 9.17) is 5.11 Å². The first-order valence-electron chi connectivity index (χ1n) is 10.9. The van der Waals surface area contributed by atoms with E-state index in [2.05, 4.69) is 45.5 Å². The molecule has 1 unspecified atom stereocenters. The summed E-state index contributed by atoms with van der Waals surface area (Å²) in [6.07, 6.45) is 5.44. The van der Waals surface area contributed by atoms with Crippen molar-refractivity contribution in [3.63, 3.8) is 0 Å². The van der Waals surface area contributed by atoms with Crippen LogP contribution in [0.4, 0.5) is 4.39 Å². The monoisotopic (exact) mass is 411 g/mol. The topological polar surface area (TPSA) is 65.5 Å². The van der Waals surface area contributed by atoms with Gasteiger partial charge < -0.3 is 15.3 Å². The summed E-state index contributed by atoms with van der Waals surface area (Å²) >= 11 is 0. The zero-order valence-electron chi connectivity index (χ0n) is 17.3. The van der Waals surface area contributed by atoms with Crippen molar-refractivity contribution in [3.05, 3.63) is 65.7 Å². The second kappa shape index (κ2) is 9.23. The van der Waals surface area contributed by atoms with E-state index in [0.29, 0.717) is 18.5 Å². The summed E-state index contributed by atoms with van der Waals surface area (Å²) in [5.41, 5.74) is 2.38. The van der Waals surface area contributed by atoms with E-state index in [0.717, 1.165) is 44.6 Å². The second-order valence-electron chi connectivity index (χ2n) is 8.87. The molecule has 2 N–H and O–H groups in total. The maximum absolute atomic E-state index is 13.3. The highest BCUT2D eigenvalue weighted by atomic mass is 19.1. The Balaban J connectivity index is 1.38. The SMILES string of the molecule is O=C(O)CCN1CCC(CN[C@@H]2CC2c2ccccc2)(Cc2ccc(F)cn2)CC1. The van der Waals surface area contributed by atoms with Gasteiger partial charge in [0, 0.05) is 30.7 Å². The molecule has 0 bridgehead atoms.